The summed E-state index contributed by atoms with van der Waals surface area (Å²) in [5.74, 6) is -1.93. The predicted molar refractivity (Wildman–Crippen MR) is 103 cm³/mol. The number of aromatic nitrogens is 1. The number of likely N-dealkylation sites (tertiary alicyclic amines) is 1. The number of carbonyl (C=O) groups is 1. The second kappa shape index (κ2) is 8.27. The van der Waals surface area contributed by atoms with E-state index in [2.05, 4.69) is 29.3 Å². The van der Waals surface area contributed by atoms with Gasteiger partial charge in [0.25, 0.3) is 11.8 Å². The van der Waals surface area contributed by atoms with Crippen LogP contribution in [0.15, 0.2) is 12.3 Å². The van der Waals surface area contributed by atoms with Crippen LogP contribution >= 0.6 is 11.6 Å². The standard InChI is InChI=1S/C19H27ClF2N4O/c1-25(2)10-14-5-3-13(4-6-14)8-23-16-7-17(20)24-9-15(16)18(27)26-11-19(21,22)12-26/h7,9,13-14H,3-6,8,10-12H2,1-2H3,(H,23,24). The Morgan fingerprint density at radius 3 is 2.52 bits per heavy atom. The van der Waals surface area contributed by atoms with E-state index in [1.807, 2.05) is 0 Å². The normalized spacial score (nSPS) is 24.6. The van der Waals surface area contributed by atoms with Crippen molar-refractivity contribution in [2.45, 2.75) is 31.6 Å². The van der Waals surface area contributed by atoms with E-state index in [0.29, 0.717) is 17.2 Å². The largest absolute Gasteiger partial charge is 0.384 e. The molecule has 8 heteroatoms. The molecule has 1 amide bonds. The fraction of sp³-hybridized carbons (Fsp3) is 0.684. The SMILES string of the molecule is CN(C)CC1CCC(CNc2cc(Cl)ncc2C(=O)N2CC(F)(F)C2)CC1. The van der Waals surface area contributed by atoms with Crippen molar-refractivity contribution in [3.05, 3.63) is 23.0 Å². The molecule has 2 fully saturated rings. The summed E-state index contributed by atoms with van der Waals surface area (Å²) in [4.78, 5) is 19.8. The molecule has 3 rings (SSSR count). The Balaban J connectivity index is 1.57. The Morgan fingerprint density at radius 2 is 1.93 bits per heavy atom. The van der Waals surface area contributed by atoms with Crippen LogP contribution in [0.2, 0.25) is 5.15 Å². The van der Waals surface area contributed by atoms with E-state index >= 15 is 0 Å². The molecule has 0 unspecified atom stereocenters. The molecule has 0 bridgehead atoms. The van der Waals surface area contributed by atoms with Crippen LogP contribution in [0.25, 0.3) is 0 Å². The highest BCUT2D eigenvalue weighted by Gasteiger charge is 2.46. The average Bonchev–Trinajstić information content (AvgIpc) is 2.58. The second-order valence-electron chi connectivity index (χ2n) is 8.10. The van der Waals surface area contributed by atoms with E-state index < -0.39 is 24.9 Å². The van der Waals surface area contributed by atoms with Crippen molar-refractivity contribution in [1.82, 2.24) is 14.8 Å². The van der Waals surface area contributed by atoms with Crippen molar-refractivity contribution >= 4 is 23.2 Å². The van der Waals surface area contributed by atoms with Crippen molar-refractivity contribution in [2.75, 3.05) is 45.6 Å². The minimum atomic E-state index is -2.78. The number of rotatable bonds is 6. The lowest BCUT2D eigenvalue weighted by Crippen LogP contribution is -2.58. The molecule has 1 aromatic rings. The highest BCUT2D eigenvalue weighted by Crippen LogP contribution is 2.32. The van der Waals surface area contributed by atoms with Crippen molar-refractivity contribution in [2.24, 2.45) is 11.8 Å². The maximum Gasteiger partial charge on any atom is 0.282 e. The summed E-state index contributed by atoms with van der Waals surface area (Å²) in [6, 6.07) is 1.60. The van der Waals surface area contributed by atoms with Crippen LogP contribution in [0, 0.1) is 11.8 Å². The van der Waals surface area contributed by atoms with Crippen molar-refractivity contribution in [3.63, 3.8) is 0 Å². The molecule has 1 N–H and O–H groups in total. The summed E-state index contributed by atoms with van der Waals surface area (Å²) in [5.41, 5.74) is 0.877. The first-order valence-electron chi connectivity index (χ1n) is 9.45. The summed E-state index contributed by atoms with van der Waals surface area (Å²) in [7, 11) is 4.21. The third-order valence-electron chi connectivity index (χ3n) is 5.40. The van der Waals surface area contributed by atoms with E-state index in [1.54, 1.807) is 6.07 Å². The van der Waals surface area contributed by atoms with Crippen LogP contribution < -0.4 is 5.32 Å². The van der Waals surface area contributed by atoms with Gasteiger partial charge in [-0.2, -0.15) is 0 Å². The molecule has 1 aliphatic heterocycles. The Morgan fingerprint density at radius 1 is 1.30 bits per heavy atom. The first-order valence-corrected chi connectivity index (χ1v) is 9.82. The Hall–Kier alpha value is -1.47. The number of pyridine rings is 1. The van der Waals surface area contributed by atoms with Gasteiger partial charge in [-0.1, -0.05) is 11.6 Å². The predicted octanol–water partition coefficient (Wildman–Crippen LogP) is 3.61. The van der Waals surface area contributed by atoms with Gasteiger partial charge in [0.05, 0.1) is 24.3 Å². The summed E-state index contributed by atoms with van der Waals surface area (Å²) in [6.45, 7) is 0.790. The van der Waals surface area contributed by atoms with Gasteiger partial charge >= 0.3 is 0 Å². The first kappa shape index (κ1) is 20.3. The minimum absolute atomic E-state index is 0.276. The Bertz CT molecular complexity index is 670. The third kappa shape index (κ3) is 5.29. The van der Waals surface area contributed by atoms with Crippen molar-refractivity contribution in [3.8, 4) is 0 Å². The molecule has 150 valence electrons. The number of hydrogen-bond donors (Lipinski definition) is 1. The van der Waals surface area contributed by atoms with Gasteiger partial charge in [0.1, 0.15) is 5.15 Å². The van der Waals surface area contributed by atoms with Gasteiger partial charge in [0, 0.05) is 19.3 Å². The summed E-state index contributed by atoms with van der Waals surface area (Å²) >= 11 is 5.98. The molecule has 0 aromatic carbocycles. The zero-order valence-corrected chi connectivity index (χ0v) is 16.6. The molecular formula is C19H27ClF2N4O. The number of amides is 1. The number of halogens is 3. The van der Waals surface area contributed by atoms with Gasteiger partial charge in [-0.25, -0.2) is 13.8 Å². The molecule has 1 saturated carbocycles. The number of nitrogens with one attached hydrogen (secondary N) is 1. The second-order valence-corrected chi connectivity index (χ2v) is 8.49. The van der Waals surface area contributed by atoms with Gasteiger partial charge in [-0.3, -0.25) is 4.79 Å². The maximum absolute atomic E-state index is 13.1. The smallest absolute Gasteiger partial charge is 0.282 e. The number of anilines is 1. The van der Waals surface area contributed by atoms with Crippen LogP contribution in [-0.2, 0) is 0 Å². The topological polar surface area (TPSA) is 48.5 Å². The molecule has 2 heterocycles. The molecule has 5 nitrogen and oxygen atoms in total. The first-order chi connectivity index (χ1) is 12.7. The van der Waals surface area contributed by atoms with Crippen molar-refractivity contribution in [1.29, 1.82) is 0 Å². The molecule has 1 aliphatic carbocycles. The number of carbonyl (C=O) groups excluding carboxylic acids is 1. The molecular weight excluding hydrogens is 374 g/mol. The van der Waals surface area contributed by atoms with Crippen LogP contribution in [0.1, 0.15) is 36.0 Å². The van der Waals surface area contributed by atoms with Gasteiger partial charge in [-0.05, 0) is 57.7 Å². The number of nitrogens with zero attached hydrogens (tertiary/aromatic N) is 3. The van der Waals surface area contributed by atoms with E-state index in [0.717, 1.165) is 36.7 Å². The molecule has 0 radical (unpaired) electrons. The quantitative estimate of drug-likeness (QED) is 0.741. The summed E-state index contributed by atoms with van der Waals surface area (Å²) in [5, 5.41) is 3.59. The van der Waals surface area contributed by atoms with E-state index in [-0.39, 0.29) is 5.15 Å². The van der Waals surface area contributed by atoms with Crippen LogP contribution in [-0.4, -0.2) is 66.9 Å². The molecule has 1 saturated heterocycles. The number of alkyl halides is 2. The van der Waals surface area contributed by atoms with Crippen LogP contribution in [0.4, 0.5) is 14.5 Å². The Labute approximate surface area is 164 Å². The molecule has 27 heavy (non-hydrogen) atoms. The summed E-state index contributed by atoms with van der Waals surface area (Å²) < 4.78 is 26.2. The van der Waals surface area contributed by atoms with Crippen molar-refractivity contribution < 1.29 is 13.6 Å². The molecule has 0 spiro atoms. The Kier molecular flexibility index (Phi) is 6.21. The summed E-state index contributed by atoms with van der Waals surface area (Å²) in [6.07, 6.45) is 6.07. The molecule has 0 atom stereocenters. The van der Waals surface area contributed by atoms with Gasteiger partial charge in [0.2, 0.25) is 0 Å². The molecule has 2 aliphatic rings. The molecule has 1 aromatic heterocycles. The van der Waals surface area contributed by atoms with Gasteiger partial charge < -0.3 is 15.1 Å². The van der Waals surface area contributed by atoms with Gasteiger partial charge in [-0.15, -0.1) is 0 Å². The lowest BCUT2D eigenvalue weighted by Gasteiger charge is -2.39. The third-order valence-corrected chi connectivity index (χ3v) is 5.61. The lowest BCUT2D eigenvalue weighted by atomic mass is 9.82. The average molecular weight is 401 g/mol. The fourth-order valence-electron chi connectivity index (χ4n) is 3.96. The highest BCUT2D eigenvalue weighted by atomic mass is 35.5. The van der Waals surface area contributed by atoms with Gasteiger partial charge in [0.15, 0.2) is 0 Å². The highest BCUT2D eigenvalue weighted by molar-refractivity contribution is 6.29. The van der Waals surface area contributed by atoms with Crippen LogP contribution in [0.5, 0.6) is 0 Å². The van der Waals surface area contributed by atoms with E-state index in [1.165, 1.54) is 19.0 Å². The van der Waals surface area contributed by atoms with E-state index in [4.69, 9.17) is 11.6 Å². The maximum atomic E-state index is 13.1. The zero-order valence-electron chi connectivity index (χ0n) is 15.9. The van der Waals surface area contributed by atoms with Crippen LogP contribution in [0.3, 0.4) is 0 Å². The fourth-order valence-corrected chi connectivity index (χ4v) is 4.12. The zero-order chi connectivity index (χ0) is 19.6. The number of hydrogen-bond acceptors (Lipinski definition) is 4. The minimum Gasteiger partial charge on any atom is -0.384 e. The monoisotopic (exact) mass is 400 g/mol. The lowest BCUT2D eigenvalue weighted by molar-refractivity contribution is -0.113. The van der Waals surface area contributed by atoms with E-state index in [9.17, 15) is 13.6 Å².